The van der Waals surface area contributed by atoms with Gasteiger partial charge in [0.2, 0.25) is 11.8 Å². The number of ether oxygens (including phenoxy) is 1. The van der Waals surface area contributed by atoms with E-state index in [1.165, 1.54) is 17.0 Å². The predicted molar refractivity (Wildman–Crippen MR) is 153 cm³/mol. The number of rotatable bonds is 12. The van der Waals surface area contributed by atoms with Crippen LogP contribution >= 0.6 is 0 Å². The lowest BCUT2D eigenvalue weighted by atomic mass is 10.1. The molecule has 0 spiro atoms. The highest BCUT2D eigenvalue weighted by atomic mass is 32.2. The average Bonchev–Trinajstić information content (AvgIpc) is 2.90. The van der Waals surface area contributed by atoms with E-state index in [0.29, 0.717) is 18.0 Å². The second kappa shape index (κ2) is 13.3. The first-order valence-electron chi connectivity index (χ1n) is 13.0. The summed E-state index contributed by atoms with van der Waals surface area (Å²) in [4.78, 5) is 28.4. The number of aryl methyl sites for hydroxylation is 1. The van der Waals surface area contributed by atoms with Gasteiger partial charge in [0, 0.05) is 12.6 Å². The molecule has 3 aromatic carbocycles. The summed E-state index contributed by atoms with van der Waals surface area (Å²) in [7, 11) is -4.11. The minimum Gasteiger partial charge on any atom is -0.494 e. The molecule has 9 heteroatoms. The van der Waals surface area contributed by atoms with E-state index < -0.39 is 28.5 Å². The Labute approximate surface area is 231 Å². The number of carbonyl (C=O) groups is 2. The van der Waals surface area contributed by atoms with E-state index in [1.54, 1.807) is 49.4 Å². The Morgan fingerprint density at radius 1 is 0.923 bits per heavy atom. The molecule has 3 rings (SSSR count). The van der Waals surface area contributed by atoms with Crippen molar-refractivity contribution >= 4 is 27.5 Å². The SMILES string of the molecule is CCOc1ccc(N(CC(=O)N(Cc2cccc(C)c2)[C@H](C)C(=O)NC(C)C)S(=O)(=O)c2ccccc2)cc1. The number of nitrogens with one attached hydrogen (secondary N) is 1. The summed E-state index contributed by atoms with van der Waals surface area (Å²) in [5, 5.41) is 2.86. The Kier molecular flexibility index (Phi) is 10.1. The third-order valence-corrected chi connectivity index (χ3v) is 7.87. The Morgan fingerprint density at radius 2 is 1.59 bits per heavy atom. The van der Waals surface area contributed by atoms with Gasteiger partial charge in [-0.15, -0.1) is 0 Å². The van der Waals surface area contributed by atoms with Gasteiger partial charge in [0.1, 0.15) is 18.3 Å². The number of benzene rings is 3. The Balaban J connectivity index is 2.02. The molecule has 8 nitrogen and oxygen atoms in total. The van der Waals surface area contributed by atoms with Gasteiger partial charge in [-0.1, -0.05) is 48.0 Å². The molecule has 0 aliphatic heterocycles. The van der Waals surface area contributed by atoms with Crippen molar-refractivity contribution < 1.29 is 22.7 Å². The molecule has 0 fully saturated rings. The zero-order chi connectivity index (χ0) is 28.6. The van der Waals surface area contributed by atoms with Crippen LogP contribution in [0.25, 0.3) is 0 Å². The first-order valence-corrected chi connectivity index (χ1v) is 14.4. The lowest BCUT2D eigenvalue weighted by Crippen LogP contribution is -2.52. The number of sulfonamides is 1. The molecule has 0 aliphatic rings. The van der Waals surface area contributed by atoms with Crippen LogP contribution in [0.3, 0.4) is 0 Å². The maximum atomic E-state index is 13.9. The van der Waals surface area contributed by atoms with Crippen LogP contribution in [0, 0.1) is 6.92 Å². The second-order valence-electron chi connectivity index (χ2n) is 9.60. The van der Waals surface area contributed by atoms with E-state index in [1.807, 2.05) is 52.0 Å². The van der Waals surface area contributed by atoms with E-state index in [9.17, 15) is 18.0 Å². The van der Waals surface area contributed by atoms with Gasteiger partial charge in [-0.3, -0.25) is 13.9 Å². The van der Waals surface area contributed by atoms with Crippen LogP contribution in [-0.4, -0.2) is 50.4 Å². The molecule has 1 N–H and O–H groups in total. The zero-order valence-corrected chi connectivity index (χ0v) is 23.9. The molecule has 3 aromatic rings. The quantitative estimate of drug-likeness (QED) is 0.357. The molecule has 0 unspecified atom stereocenters. The van der Waals surface area contributed by atoms with Crippen molar-refractivity contribution in [2.75, 3.05) is 17.5 Å². The fourth-order valence-electron chi connectivity index (χ4n) is 4.12. The molecule has 1 atom stereocenters. The van der Waals surface area contributed by atoms with Crippen molar-refractivity contribution in [2.24, 2.45) is 0 Å². The molecule has 0 aliphatic carbocycles. The third-order valence-electron chi connectivity index (χ3n) is 6.08. The van der Waals surface area contributed by atoms with Crippen molar-refractivity contribution in [2.45, 2.75) is 58.1 Å². The fraction of sp³-hybridized carbons (Fsp3) is 0.333. The molecule has 2 amide bonds. The number of hydrogen-bond acceptors (Lipinski definition) is 5. The highest BCUT2D eigenvalue weighted by Crippen LogP contribution is 2.26. The third kappa shape index (κ3) is 7.83. The van der Waals surface area contributed by atoms with Crippen LogP contribution in [0.2, 0.25) is 0 Å². The lowest BCUT2D eigenvalue weighted by molar-refractivity contribution is -0.139. The van der Waals surface area contributed by atoms with Crippen LogP contribution in [0.1, 0.15) is 38.8 Å². The van der Waals surface area contributed by atoms with E-state index in [-0.39, 0.29) is 23.4 Å². The fourth-order valence-corrected chi connectivity index (χ4v) is 5.55. The number of amides is 2. The topological polar surface area (TPSA) is 96.0 Å². The van der Waals surface area contributed by atoms with Gasteiger partial charge in [-0.25, -0.2) is 8.42 Å². The number of anilines is 1. The summed E-state index contributed by atoms with van der Waals surface area (Å²) in [6.45, 7) is 9.27. The predicted octanol–water partition coefficient (Wildman–Crippen LogP) is 4.53. The molecule has 0 heterocycles. The largest absolute Gasteiger partial charge is 0.494 e. The van der Waals surface area contributed by atoms with Gasteiger partial charge in [0.25, 0.3) is 10.0 Å². The van der Waals surface area contributed by atoms with Gasteiger partial charge in [-0.2, -0.15) is 0 Å². The second-order valence-corrected chi connectivity index (χ2v) is 11.5. The Hall–Kier alpha value is -3.85. The molecule has 0 saturated carbocycles. The molecular formula is C30H37N3O5S. The van der Waals surface area contributed by atoms with Crippen molar-refractivity contribution in [3.05, 3.63) is 90.0 Å². The lowest BCUT2D eigenvalue weighted by Gasteiger charge is -2.32. The van der Waals surface area contributed by atoms with Crippen LogP contribution < -0.4 is 14.4 Å². The minimum atomic E-state index is -4.11. The van der Waals surface area contributed by atoms with Gasteiger partial charge >= 0.3 is 0 Å². The van der Waals surface area contributed by atoms with Crippen LogP contribution in [-0.2, 0) is 26.2 Å². The van der Waals surface area contributed by atoms with E-state index in [2.05, 4.69) is 5.32 Å². The van der Waals surface area contributed by atoms with Gasteiger partial charge in [-0.05, 0) is 76.6 Å². The highest BCUT2D eigenvalue weighted by Gasteiger charge is 2.32. The standard InChI is InChI=1S/C30H37N3O5S/c1-6-38-27-17-15-26(16-18-27)33(39(36,37)28-13-8-7-9-14-28)21-29(34)32(24(5)30(35)31-22(2)3)20-25-12-10-11-23(4)19-25/h7-19,22,24H,6,20-21H2,1-5H3,(H,31,35)/t24-/m1/s1. The Bertz CT molecular complexity index is 1360. The summed E-state index contributed by atoms with van der Waals surface area (Å²) in [5.41, 5.74) is 2.17. The first kappa shape index (κ1) is 29.7. The minimum absolute atomic E-state index is 0.0579. The highest BCUT2D eigenvalue weighted by molar-refractivity contribution is 7.92. The normalized spacial score (nSPS) is 12.1. The van der Waals surface area contributed by atoms with Crippen molar-refractivity contribution in [3.63, 3.8) is 0 Å². The summed E-state index contributed by atoms with van der Waals surface area (Å²) in [6, 6.07) is 21.2. The molecule has 0 radical (unpaired) electrons. The first-order chi connectivity index (χ1) is 18.5. The number of nitrogens with zero attached hydrogens (tertiary/aromatic N) is 2. The van der Waals surface area contributed by atoms with Crippen molar-refractivity contribution in [3.8, 4) is 5.75 Å². The summed E-state index contributed by atoms with van der Waals surface area (Å²) in [6.07, 6.45) is 0. The Morgan fingerprint density at radius 3 is 2.18 bits per heavy atom. The monoisotopic (exact) mass is 551 g/mol. The van der Waals surface area contributed by atoms with E-state index >= 15 is 0 Å². The molecule has 39 heavy (non-hydrogen) atoms. The summed E-state index contributed by atoms with van der Waals surface area (Å²) < 4.78 is 34.2. The molecule has 0 aromatic heterocycles. The zero-order valence-electron chi connectivity index (χ0n) is 23.1. The van der Waals surface area contributed by atoms with Crippen molar-refractivity contribution in [1.29, 1.82) is 0 Å². The maximum Gasteiger partial charge on any atom is 0.264 e. The molecule has 208 valence electrons. The van der Waals surface area contributed by atoms with Crippen LogP contribution in [0.15, 0.2) is 83.8 Å². The van der Waals surface area contributed by atoms with Gasteiger partial charge < -0.3 is 15.0 Å². The summed E-state index contributed by atoms with van der Waals surface area (Å²) in [5.74, 6) is -0.231. The van der Waals surface area contributed by atoms with E-state index in [4.69, 9.17) is 4.74 Å². The van der Waals surface area contributed by atoms with E-state index in [0.717, 1.165) is 15.4 Å². The van der Waals surface area contributed by atoms with Gasteiger partial charge in [0.15, 0.2) is 0 Å². The van der Waals surface area contributed by atoms with Crippen LogP contribution in [0.4, 0.5) is 5.69 Å². The van der Waals surface area contributed by atoms with Gasteiger partial charge in [0.05, 0.1) is 17.2 Å². The molecular weight excluding hydrogens is 514 g/mol. The maximum absolute atomic E-state index is 13.9. The van der Waals surface area contributed by atoms with Crippen molar-refractivity contribution in [1.82, 2.24) is 10.2 Å². The molecule has 0 bridgehead atoms. The van der Waals surface area contributed by atoms with Crippen LogP contribution in [0.5, 0.6) is 5.75 Å². The average molecular weight is 552 g/mol. The number of carbonyl (C=O) groups excluding carboxylic acids is 2. The number of hydrogen-bond donors (Lipinski definition) is 1. The smallest absolute Gasteiger partial charge is 0.264 e. The summed E-state index contributed by atoms with van der Waals surface area (Å²) >= 11 is 0. The molecule has 0 saturated heterocycles.